The third kappa shape index (κ3) is 2.42. The Bertz CT molecular complexity index is 693. The van der Waals surface area contributed by atoms with Crippen molar-refractivity contribution in [1.82, 2.24) is 9.97 Å². The molecule has 0 spiro atoms. The molecule has 0 aliphatic carbocycles. The quantitative estimate of drug-likeness (QED) is 0.440. The van der Waals surface area contributed by atoms with Gasteiger partial charge in [0.2, 0.25) is 0 Å². The number of fused-ring (bicyclic) bond motifs is 1. The molecule has 0 aliphatic rings. The maximum absolute atomic E-state index is 11.2. The molecule has 2 rings (SSSR count). The summed E-state index contributed by atoms with van der Waals surface area (Å²) in [6.07, 6.45) is 0. The van der Waals surface area contributed by atoms with E-state index in [-0.39, 0.29) is 23.0 Å². The van der Waals surface area contributed by atoms with Crippen molar-refractivity contribution < 1.29 is 14.4 Å². The molecule has 106 valence electrons. The summed E-state index contributed by atoms with van der Waals surface area (Å²) in [7, 11) is 2.83. The third-order valence-electron chi connectivity index (χ3n) is 2.60. The number of halogens is 2. The van der Waals surface area contributed by atoms with E-state index in [0.29, 0.717) is 15.3 Å². The zero-order chi connectivity index (χ0) is 14.9. The highest BCUT2D eigenvalue weighted by Crippen LogP contribution is 2.37. The second kappa shape index (κ2) is 5.88. The number of alkyl halides is 1. The van der Waals surface area contributed by atoms with Gasteiger partial charge in [-0.3, -0.25) is 10.1 Å². The van der Waals surface area contributed by atoms with Gasteiger partial charge in [-0.1, -0.05) is 15.9 Å². The number of aromatic nitrogens is 2. The van der Waals surface area contributed by atoms with Gasteiger partial charge < -0.3 is 9.47 Å². The van der Waals surface area contributed by atoms with E-state index >= 15 is 0 Å². The average Bonchev–Trinajstić information content (AvgIpc) is 2.44. The summed E-state index contributed by atoms with van der Waals surface area (Å²) in [6, 6.07) is 1.63. The first-order valence-electron chi connectivity index (χ1n) is 5.35. The molecule has 0 saturated carbocycles. The van der Waals surface area contributed by atoms with Crippen LogP contribution in [-0.4, -0.2) is 29.1 Å². The molecule has 9 heteroatoms. The Balaban J connectivity index is 2.94. The minimum Gasteiger partial charge on any atom is -0.477 e. The van der Waals surface area contributed by atoms with Crippen molar-refractivity contribution in [2.45, 2.75) is 5.33 Å². The number of rotatable bonds is 4. The van der Waals surface area contributed by atoms with Gasteiger partial charge in [0, 0.05) is 5.33 Å². The molecular weight excluding hydrogens is 398 g/mol. The summed E-state index contributed by atoms with van der Waals surface area (Å²) >= 11 is 6.52. The van der Waals surface area contributed by atoms with Gasteiger partial charge in [-0.15, -0.1) is 0 Å². The molecule has 0 unspecified atom stereocenters. The first-order chi connectivity index (χ1) is 9.53. The largest absolute Gasteiger partial charge is 0.477 e. The molecule has 1 aromatic heterocycles. The molecule has 0 fully saturated rings. The molecule has 1 heterocycles. The summed E-state index contributed by atoms with van der Waals surface area (Å²) in [5.74, 6) is 0.278. The Hall–Kier alpha value is -1.48. The highest BCUT2D eigenvalue weighted by atomic mass is 79.9. The average molecular weight is 407 g/mol. The van der Waals surface area contributed by atoms with Crippen molar-refractivity contribution in [2.24, 2.45) is 0 Å². The van der Waals surface area contributed by atoms with Crippen LogP contribution in [0.25, 0.3) is 11.0 Å². The van der Waals surface area contributed by atoms with Gasteiger partial charge >= 0.3 is 5.69 Å². The van der Waals surface area contributed by atoms with Crippen LogP contribution in [0.3, 0.4) is 0 Å². The van der Waals surface area contributed by atoms with Crippen molar-refractivity contribution >= 4 is 48.6 Å². The van der Waals surface area contributed by atoms with Crippen LogP contribution in [0.1, 0.15) is 5.56 Å². The maximum atomic E-state index is 11.2. The smallest absolute Gasteiger partial charge is 0.311 e. The molecule has 0 atom stereocenters. The monoisotopic (exact) mass is 405 g/mol. The van der Waals surface area contributed by atoms with E-state index < -0.39 is 4.92 Å². The number of ether oxygens (including phenoxy) is 2. The van der Waals surface area contributed by atoms with Crippen molar-refractivity contribution in [1.29, 1.82) is 0 Å². The van der Waals surface area contributed by atoms with E-state index in [0.717, 1.165) is 5.56 Å². The van der Waals surface area contributed by atoms with E-state index in [1.165, 1.54) is 14.2 Å². The zero-order valence-corrected chi connectivity index (χ0v) is 13.7. The minimum atomic E-state index is -0.509. The maximum Gasteiger partial charge on any atom is 0.311 e. The van der Waals surface area contributed by atoms with Gasteiger partial charge in [0.1, 0.15) is 5.52 Å². The molecule has 2 aromatic rings. The SMILES string of the molecule is COc1nc2c(CBr)cc(Br)c([N+](=O)[O-])c2nc1OC. The molecule has 0 radical (unpaired) electrons. The van der Waals surface area contributed by atoms with Gasteiger partial charge in [-0.2, -0.15) is 4.98 Å². The lowest BCUT2D eigenvalue weighted by atomic mass is 10.1. The second-order valence-corrected chi connectivity index (χ2v) is 5.11. The number of hydrogen-bond donors (Lipinski definition) is 0. The van der Waals surface area contributed by atoms with Crippen LogP contribution in [-0.2, 0) is 5.33 Å². The fourth-order valence-electron chi connectivity index (χ4n) is 1.74. The van der Waals surface area contributed by atoms with Crippen LogP contribution in [0, 0.1) is 10.1 Å². The highest BCUT2D eigenvalue weighted by molar-refractivity contribution is 9.10. The zero-order valence-electron chi connectivity index (χ0n) is 10.5. The number of methoxy groups -OCH3 is 2. The molecule has 1 aromatic carbocycles. The molecular formula is C11H9Br2N3O4. The van der Waals surface area contributed by atoms with Gasteiger partial charge in [0.15, 0.2) is 5.52 Å². The standard InChI is InChI=1S/C11H9Br2N3O4/c1-19-10-11(20-2)15-8-7(14-10)5(4-12)3-6(13)9(8)16(17)18/h3H,4H2,1-2H3. The van der Waals surface area contributed by atoms with Crippen molar-refractivity contribution in [3.8, 4) is 11.8 Å². The minimum absolute atomic E-state index is 0.0988. The van der Waals surface area contributed by atoms with E-state index in [2.05, 4.69) is 41.8 Å². The summed E-state index contributed by atoms with van der Waals surface area (Å²) in [4.78, 5) is 19.1. The summed E-state index contributed by atoms with van der Waals surface area (Å²) in [5.41, 5.74) is 1.15. The normalized spacial score (nSPS) is 10.6. The van der Waals surface area contributed by atoms with Crippen molar-refractivity contribution in [3.05, 3.63) is 26.2 Å². The lowest BCUT2D eigenvalue weighted by Gasteiger charge is -2.10. The summed E-state index contributed by atoms with van der Waals surface area (Å²) < 4.78 is 10.5. The van der Waals surface area contributed by atoms with E-state index in [1.54, 1.807) is 6.07 Å². The summed E-state index contributed by atoms with van der Waals surface area (Å²) in [5, 5.41) is 11.7. The van der Waals surface area contributed by atoms with E-state index in [1.807, 2.05) is 0 Å². The number of nitrogens with zero attached hydrogens (tertiary/aromatic N) is 3. The van der Waals surface area contributed by atoms with Crippen LogP contribution < -0.4 is 9.47 Å². The first kappa shape index (κ1) is 14.9. The second-order valence-electron chi connectivity index (χ2n) is 3.70. The predicted molar refractivity (Wildman–Crippen MR) is 79.6 cm³/mol. The van der Waals surface area contributed by atoms with E-state index in [9.17, 15) is 10.1 Å². The highest BCUT2D eigenvalue weighted by Gasteiger charge is 2.24. The van der Waals surface area contributed by atoms with Crippen LogP contribution >= 0.6 is 31.9 Å². The topological polar surface area (TPSA) is 87.4 Å². The van der Waals surface area contributed by atoms with Crippen LogP contribution in [0.4, 0.5) is 5.69 Å². The fraction of sp³-hybridized carbons (Fsp3) is 0.273. The van der Waals surface area contributed by atoms with Crippen molar-refractivity contribution in [2.75, 3.05) is 14.2 Å². The molecule has 0 saturated heterocycles. The Morgan fingerprint density at radius 3 is 2.25 bits per heavy atom. The van der Waals surface area contributed by atoms with E-state index in [4.69, 9.17) is 9.47 Å². The Labute approximate surface area is 130 Å². The van der Waals surface area contributed by atoms with Gasteiger partial charge in [-0.25, -0.2) is 4.98 Å². The molecule has 0 aliphatic heterocycles. The Morgan fingerprint density at radius 1 is 1.25 bits per heavy atom. The van der Waals surface area contributed by atoms with Crippen LogP contribution in [0.5, 0.6) is 11.8 Å². The molecule has 7 nitrogen and oxygen atoms in total. The van der Waals surface area contributed by atoms with Gasteiger partial charge in [0.25, 0.3) is 11.8 Å². The third-order valence-corrected chi connectivity index (χ3v) is 3.81. The molecule has 0 amide bonds. The fourth-order valence-corrected chi connectivity index (χ4v) is 2.77. The molecule has 20 heavy (non-hydrogen) atoms. The number of benzene rings is 1. The lowest BCUT2D eigenvalue weighted by molar-refractivity contribution is -0.384. The number of nitro groups is 1. The summed E-state index contributed by atoms with van der Waals surface area (Å²) in [6.45, 7) is 0. The Kier molecular flexibility index (Phi) is 4.39. The molecule has 0 bridgehead atoms. The lowest BCUT2D eigenvalue weighted by Crippen LogP contribution is -2.02. The Morgan fingerprint density at radius 2 is 1.80 bits per heavy atom. The number of nitro benzene ring substituents is 1. The number of hydrogen-bond acceptors (Lipinski definition) is 6. The van der Waals surface area contributed by atoms with Gasteiger partial charge in [-0.05, 0) is 27.6 Å². The van der Waals surface area contributed by atoms with Gasteiger partial charge in [0.05, 0.1) is 23.6 Å². The van der Waals surface area contributed by atoms with Crippen LogP contribution in [0.2, 0.25) is 0 Å². The first-order valence-corrected chi connectivity index (χ1v) is 7.26. The van der Waals surface area contributed by atoms with Crippen molar-refractivity contribution in [3.63, 3.8) is 0 Å². The predicted octanol–water partition coefficient (Wildman–Crippen LogP) is 3.21. The molecule has 0 N–H and O–H groups in total. The van der Waals surface area contributed by atoms with Crippen LogP contribution in [0.15, 0.2) is 10.5 Å².